The lowest BCUT2D eigenvalue weighted by atomic mass is 9.90. The quantitative estimate of drug-likeness (QED) is 0.672. The maximum atomic E-state index is 11.7. The molecule has 0 aliphatic heterocycles. The molecule has 2 N–H and O–H groups in total. The topological polar surface area (TPSA) is 58.2 Å². The minimum Gasteiger partial charge on any atom is -0.355 e. The Labute approximate surface area is 91.8 Å². The SMILES string of the molecule is CCCNC(=O)C(C)(C)C(=O)NC(C)C. The minimum atomic E-state index is -1.00. The van der Waals surface area contributed by atoms with E-state index in [1.807, 2.05) is 20.8 Å². The van der Waals surface area contributed by atoms with E-state index in [2.05, 4.69) is 10.6 Å². The van der Waals surface area contributed by atoms with Crippen LogP contribution >= 0.6 is 0 Å². The number of hydrogen-bond donors (Lipinski definition) is 2. The van der Waals surface area contributed by atoms with E-state index in [1.54, 1.807) is 13.8 Å². The van der Waals surface area contributed by atoms with Gasteiger partial charge in [0.15, 0.2) is 0 Å². The zero-order chi connectivity index (χ0) is 12.1. The molecule has 0 fully saturated rings. The Morgan fingerprint density at radius 1 is 1.20 bits per heavy atom. The van der Waals surface area contributed by atoms with Crippen LogP contribution < -0.4 is 10.6 Å². The lowest BCUT2D eigenvalue weighted by Gasteiger charge is -2.23. The summed E-state index contributed by atoms with van der Waals surface area (Å²) < 4.78 is 0. The molecule has 0 aromatic carbocycles. The monoisotopic (exact) mass is 214 g/mol. The van der Waals surface area contributed by atoms with Gasteiger partial charge in [0.25, 0.3) is 0 Å². The van der Waals surface area contributed by atoms with E-state index in [0.29, 0.717) is 6.54 Å². The molecule has 0 spiro atoms. The summed E-state index contributed by atoms with van der Waals surface area (Å²) in [6, 6.07) is 0.0516. The number of carbonyl (C=O) groups is 2. The Kier molecular flexibility index (Phi) is 5.33. The highest BCUT2D eigenvalue weighted by molar-refractivity contribution is 6.04. The molecular formula is C11H22N2O2. The van der Waals surface area contributed by atoms with Gasteiger partial charge < -0.3 is 10.6 Å². The smallest absolute Gasteiger partial charge is 0.235 e. The van der Waals surface area contributed by atoms with Crippen LogP contribution in [0.2, 0.25) is 0 Å². The van der Waals surface area contributed by atoms with Crippen LogP contribution in [0.5, 0.6) is 0 Å². The third kappa shape index (κ3) is 4.32. The van der Waals surface area contributed by atoms with Crippen LogP contribution in [0.15, 0.2) is 0 Å². The van der Waals surface area contributed by atoms with Crippen molar-refractivity contribution < 1.29 is 9.59 Å². The average Bonchev–Trinajstić information content (AvgIpc) is 2.12. The van der Waals surface area contributed by atoms with Gasteiger partial charge in [0.1, 0.15) is 5.41 Å². The Hall–Kier alpha value is -1.06. The second-order valence-corrected chi connectivity index (χ2v) is 4.51. The second kappa shape index (κ2) is 5.73. The minimum absolute atomic E-state index is 0.0516. The fraction of sp³-hybridized carbons (Fsp3) is 0.818. The highest BCUT2D eigenvalue weighted by Gasteiger charge is 2.35. The van der Waals surface area contributed by atoms with E-state index >= 15 is 0 Å². The number of hydrogen-bond acceptors (Lipinski definition) is 2. The van der Waals surface area contributed by atoms with Crippen molar-refractivity contribution >= 4 is 11.8 Å². The molecule has 0 bridgehead atoms. The van der Waals surface area contributed by atoms with Crippen molar-refractivity contribution in [1.82, 2.24) is 10.6 Å². The van der Waals surface area contributed by atoms with Crippen molar-refractivity contribution in [2.75, 3.05) is 6.54 Å². The molecule has 0 radical (unpaired) electrons. The molecule has 0 aromatic rings. The third-order valence-corrected chi connectivity index (χ3v) is 2.09. The van der Waals surface area contributed by atoms with Crippen LogP contribution in [0.25, 0.3) is 0 Å². The standard InChI is InChI=1S/C11H22N2O2/c1-6-7-12-9(14)11(4,5)10(15)13-8(2)3/h8H,6-7H2,1-5H3,(H,12,14)(H,13,15). The molecule has 0 heterocycles. The van der Waals surface area contributed by atoms with Crippen molar-refractivity contribution in [2.24, 2.45) is 5.41 Å². The third-order valence-electron chi connectivity index (χ3n) is 2.09. The van der Waals surface area contributed by atoms with Crippen LogP contribution in [0, 0.1) is 5.41 Å². The molecular weight excluding hydrogens is 192 g/mol. The van der Waals surface area contributed by atoms with Crippen LogP contribution in [0.4, 0.5) is 0 Å². The molecule has 0 saturated carbocycles. The summed E-state index contributed by atoms with van der Waals surface area (Å²) >= 11 is 0. The van der Waals surface area contributed by atoms with Gasteiger partial charge in [0, 0.05) is 12.6 Å². The summed E-state index contributed by atoms with van der Waals surface area (Å²) in [7, 11) is 0. The van der Waals surface area contributed by atoms with Crippen molar-refractivity contribution in [2.45, 2.75) is 47.1 Å². The van der Waals surface area contributed by atoms with Crippen molar-refractivity contribution in [3.05, 3.63) is 0 Å². The van der Waals surface area contributed by atoms with Crippen LogP contribution in [-0.4, -0.2) is 24.4 Å². The molecule has 0 aromatic heterocycles. The van der Waals surface area contributed by atoms with Gasteiger partial charge >= 0.3 is 0 Å². The van der Waals surface area contributed by atoms with Crippen LogP contribution in [0.1, 0.15) is 41.0 Å². The first kappa shape index (κ1) is 13.9. The highest BCUT2D eigenvalue weighted by Crippen LogP contribution is 2.15. The molecule has 2 amide bonds. The lowest BCUT2D eigenvalue weighted by molar-refractivity contribution is -0.141. The van der Waals surface area contributed by atoms with Crippen molar-refractivity contribution in [3.8, 4) is 0 Å². The van der Waals surface area contributed by atoms with E-state index < -0.39 is 5.41 Å². The number of nitrogens with one attached hydrogen (secondary N) is 2. The fourth-order valence-electron chi connectivity index (χ4n) is 1.01. The van der Waals surface area contributed by atoms with E-state index in [1.165, 1.54) is 0 Å². The van der Waals surface area contributed by atoms with Gasteiger partial charge in [-0.05, 0) is 34.1 Å². The van der Waals surface area contributed by atoms with Gasteiger partial charge in [-0.2, -0.15) is 0 Å². The van der Waals surface area contributed by atoms with Gasteiger partial charge in [0.2, 0.25) is 11.8 Å². The number of carbonyl (C=O) groups excluding carboxylic acids is 2. The number of rotatable bonds is 5. The fourth-order valence-corrected chi connectivity index (χ4v) is 1.01. The number of amides is 2. The summed E-state index contributed by atoms with van der Waals surface area (Å²) in [5.41, 5.74) is -1.00. The average molecular weight is 214 g/mol. The van der Waals surface area contributed by atoms with Gasteiger partial charge in [0.05, 0.1) is 0 Å². The maximum absolute atomic E-state index is 11.7. The van der Waals surface area contributed by atoms with Gasteiger partial charge in [-0.1, -0.05) is 6.92 Å². The van der Waals surface area contributed by atoms with Crippen molar-refractivity contribution in [1.29, 1.82) is 0 Å². The highest BCUT2D eigenvalue weighted by atomic mass is 16.2. The zero-order valence-corrected chi connectivity index (χ0v) is 10.3. The largest absolute Gasteiger partial charge is 0.355 e. The van der Waals surface area contributed by atoms with Crippen LogP contribution in [-0.2, 0) is 9.59 Å². The van der Waals surface area contributed by atoms with E-state index in [-0.39, 0.29) is 17.9 Å². The summed E-state index contributed by atoms with van der Waals surface area (Å²) in [5, 5.41) is 5.47. The molecule has 88 valence electrons. The van der Waals surface area contributed by atoms with E-state index in [4.69, 9.17) is 0 Å². The van der Waals surface area contributed by atoms with Crippen LogP contribution in [0.3, 0.4) is 0 Å². The Morgan fingerprint density at radius 2 is 1.73 bits per heavy atom. The molecule has 0 aliphatic rings. The molecule has 4 nitrogen and oxygen atoms in total. The van der Waals surface area contributed by atoms with Gasteiger partial charge in [-0.15, -0.1) is 0 Å². The first-order valence-electron chi connectivity index (χ1n) is 5.41. The molecule has 0 atom stereocenters. The van der Waals surface area contributed by atoms with Gasteiger partial charge in [-0.25, -0.2) is 0 Å². The summed E-state index contributed by atoms with van der Waals surface area (Å²) in [5.74, 6) is -0.450. The zero-order valence-electron chi connectivity index (χ0n) is 10.3. The van der Waals surface area contributed by atoms with Crippen molar-refractivity contribution in [3.63, 3.8) is 0 Å². The summed E-state index contributed by atoms with van der Waals surface area (Å²) in [4.78, 5) is 23.4. The predicted octanol–water partition coefficient (Wildman–Crippen LogP) is 1.06. The molecule has 0 rings (SSSR count). The molecule has 0 aliphatic carbocycles. The lowest BCUT2D eigenvalue weighted by Crippen LogP contribution is -2.49. The Balaban J connectivity index is 4.37. The second-order valence-electron chi connectivity index (χ2n) is 4.51. The normalized spacial score (nSPS) is 11.3. The Bertz CT molecular complexity index is 235. The van der Waals surface area contributed by atoms with E-state index in [0.717, 1.165) is 6.42 Å². The first-order chi connectivity index (χ1) is 6.82. The molecule has 0 unspecified atom stereocenters. The summed E-state index contributed by atoms with van der Waals surface area (Å²) in [6.07, 6.45) is 0.869. The molecule has 0 saturated heterocycles. The first-order valence-corrected chi connectivity index (χ1v) is 5.41. The van der Waals surface area contributed by atoms with Gasteiger partial charge in [-0.3, -0.25) is 9.59 Å². The molecule has 15 heavy (non-hydrogen) atoms. The summed E-state index contributed by atoms with van der Waals surface area (Å²) in [6.45, 7) is 9.60. The predicted molar refractivity (Wildman–Crippen MR) is 60.4 cm³/mol. The molecule has 4 heteroatoms. The Morgan fingerprint density at radius 3 is 2.13 bits per heavy atom. The van der Waals surface area contributed by atoms with E-state index in [9.17, 15) is 9.59 Å². The maximum Gasteiger partial charge on any atom is 0.235 e.